The topological polar surface area (TPSA) is 90.6 Å². The summed E-state index contributed by atoms with van der Waals surface area (Å²) in [5, 5.41) is 4.10. The van der Waals surface area contributed by atoms with Gasteiger partial charge in [-0.15, -0.1) is 0 Å². The predicted octanol–water partition coefficient (Wildman–Crippen LogP) is 3.35. The van der Waals surface area contributed by atoms with Gasteiger partial charge in [0, 0.05) is 38.0 Å². The van der Waals surface area contributed by atoms with E-state index in [4.69, 9.17) is 27.9 Å². The molecule has 0 bridgehead atoms. The molecule has 3 aliphatic rings. The van der Waals surface area contributed by atoms with Crippen LogP contribution in [0, 0.1) is 5.41 Å². The smallest absolute Gasteiger partial charge is 0.317 e. The summed E-state index contributed by atoms with van der Waals surface area (Å²) in [5.41, 5.74) is 2.44. The minimum absolute atomic E-state index is 0.106. The molecule has 1 unspecified atom stereocenters. The molecule has 2 saturated heterocycles. The van der Waals surface area contributed by atoms with Crippen LogP contribution in [0.1, 0.15) is 41.9 Å². The molecule has 182 valence electrons. The minimum Gasteiger partial charge on any atom is -0.376 e. The lowest BCUT2D eigenvalue weighted by Gasteiger charge is -2.40. The minimum atomic E-state index is -0.182. The Morgan fingerprint density at radius 2 is 2.09 bits per heavy atom. The van der Waals surface area contributed by atoms with Crippen LogP contribution in [0.3, 0.4) is 0 Å². The maximum atomic E-state index is 13.0. The number of ether oxygens (including phenoxy) is 1. The zero-order valence-corrected chi connectivity index (χ0v) is 20.6. The molecular weight excluding hydrogens is 477 g/mol. The highest BCUT2D eigenvalue weighted by molar-refractivity contribution is 6.42. The van der Waals surface area contributed by atoms with Gasteiger partial charge in [0.1, 0.15) is 5.82 Å². The molecule has 0 aliphatic carbocycles. The Morgan fingerprint density at radius 3 is 2.94 bits per heavy atom. The van der Waals surface area contributed by atoms with Gasteiger partial charge in [0.25, 0.3) is 5.56 Å². The van der Waals surface area contributed by atoms with Crippen molar-refractivity contribution in [2.24, 2.45) is 5.41 Å². The molecule has 2 fully saturated rings. The molecular formula is C24H29Cl2N5O3. The van der Waals surface area contributed by atoms with Crippen LogP contribution in [-0.2, 0) is 30.9 Å². The number of nitrogens with one attached hydrogen (secondary N) is 2. The molecule has 3 aliphatic heterocycles. The Morgan fingerprint density at radius 1 is 1.21 bits per heavy atom. The van der Waals surface area contributed by atoms with Crippen molar-refractivity contribution in [2.75, 3.05) is 32.8 Å². The van der Waals surface area contributed by atoms with Gasteiger partial charge in [0.05, 0.1) is 41.1 Å². The molecule has 1 aromatic carbocycles. The van der Waals surface area contributed by atoms with Crippen LogP contribution < -0.4 is 10.9 Å². The second-order valence-electron chi connectivity index (χ2n) is 9.63. The van der Waals surface area contributed by atoms with Crippen molar-refractivity contribution >= 4 is 29.2 Å². The molecule has 1 aromatic heterocycles. The van der Waals surface area contributed by atoms with Crippen molar-refractivity contribution in [3.8, 4) is 0 Å². The molecule has 1 atom stereocenters. The summed E-state index contributed by atoms with van der Waals surface area (Å²) < 4.78 is 5.34. The number of benzene rings is 1. The zero-order valence-electron chi connectivity index (χ0n) is 19.0. The normalized spacial score (nSPS) is 22.7. The number of piperidine rings is 1. The monoisotopic (exact) mass is 505 g/mol. The van der Waals surface area contributed by atoms with Gasteiger partial charge in [-0.1, -0.05) is 29.3 Å². The molecule has 10 heteroatoms. The van der Waals surface area contributed by atoms with Crippen molar-refractivity contribution in [1.82, 2.24) is 25.1 Å². The van der Waals surface area contributed by atoms with Crippen LogP contribution in [0.4, 0.5) is 4.79 Å². The van der Waals surface area contributed by atoms with Gasteiger partial charge >= 0.3 is 6.03 Å². The quantitative estimate of drug-likeness (QED) is 0.664. The first kappa shape index (κ1) is 23.6. The van der Waals surface area contributed by atoms with Crippen molar-refractivity contribution in [1.29, 1.82) is 0 Å². The number of urea groups is 1. The number of carbonyl (C=O) groups excluding carboxylic acids is 1. The number of aromatic amines is 1. The van der Waals surface area contributed by atoms with Crippen molar-refractivity contribution < 1.29 is 9.53 Å². The fourth-order valence-electron chi connectivity index (χ4n) is 5.42. The van der Waals surface area contributed by atoms with Gasteiger partial charge in [0.2, 0.25) is 0 Å². The second kappa shape index (κ2) is 9.85. The van der Waals surface area contributed by atoms with E-state index >= 15 is 0 Å². The SMILES string of the molecule is O=C(NCc1nc2c(c(=O)[nH]1)COCC2)N1CCCC2(CCN(Cc3ccc(Cl)c(Cl)c3)C2)C1. The lowest BCUT2D eigenvalue weighted by atomic mass is 9.79. The van der Waals surface area contributed by atoms with E-state index in [1.165, 1.54) is 0 Å². The Hall–Kier alpha value is -2.13. The van der Waals surface area contributed by atoms with Crippen LogP contribution >= 0.6 is 23.2 Å². The maximum Gasteiger partial charge on any atom is 0.317 e. The highest BCUT2D eigenvalue weighted by atomic mass is 35.5. The molecule has 2 N–H and O–H groups in total. The Labute approximate surface area is 208 Å². The molecule has 0 radical (unpaired) electrons. The molecule has 0 saturated carbocycles. The van der Waals surface area contributed by atoms with Crippen LogP contribution in [0.5, 0.6) is 0 Å². The molecule has 2 amide bonds. The largest absolute Gasteiger partial charge is 0.376 e. The van der Waals surface area contributed by atoms with E-state index in [9.17, 15) is 9.59 Å². The Balaban J connectivity index is 1.17. The summed E-state index contributed by atoms with van der Waals surface area (Å²) in [5.74, 6) is 0.486. The lowest BCUT2D eigenvalue weighted by Crippen LogP contribution is -2.50. The number of likely N-dealkylation sites (tertiary alicyclic amines) is 2. The predicted molar refractivity (Wildman–Crippen MR) is 130 cm³/mol. The van der Waals surface area contributed by atoms with Gasteiger partial charge < -0.3 is 19.9 Å². The van der Waals surface area contributed by atoms with E-state index in [-0.39, 0.29) is 23.6 Å². The third-order valence-electron chi connectivity index (χ3n) is 7.14. The van der Waals surface area contributed by atoms with Gasteiger partial charge in [-0.3, -0.25) is 9.69 Å². The molecule has 4 heterocycles. The van der Waals surface area contributed by atoms with Crippen molar-refractivity contribution in [2.45, 2.75) is 45.4 Å². The third-order valence-corrected chi connectivity index (χ3v) is 7.88. The average Bonchev–Trinajstić information content (AvgIpc) is 3.21. The number of fused-ring (bicyclic) bond motifs is 1. The second-order valence-corrected chi connectivity index (χ2v) is 10.4. The standard InChI is InChI=1S/C24H29Cl2N5O3/c25-18-3-2-16(10-19(18)26)12-30-8-6-24(14-30)5-1-7-31(15-24)23(33)27-11-21-28-20-4-9-34-13-17(20)22(32)29-21/h2-3,10H,1,4-9,11-15H2,(H,27,33)(H,28,29,32). The number of H-pyrrole nitrogens is 1. The number of hydrogen-bond donors (Lipinski definition) is 2. The average molecular weight is 506 g/mol. The highest BCUT2D eigenvalue weighted by Crippen LogP contribution is 2.39. The van der Waals surface area contributed by atoms with E-state index in [0.717, 1.165) is 63.2 Å². The summed E-state index contributed by atoms with van der Waals surface area (Å²) in [4.78, 5) is 36.9. The van der Waals surface area contributed by atoms with Gasteiger partial charge in [-0.2, -0.15) is 0 Å². The first-order valence-corrected chi connectivity index (χ1v) is 12.5. The molecule has 2 aromatic rings. The molecule has 5 rings (SSSR count). The van der Waals surface area contributed by atoms with Crippen molar-refractivity contribution in [3.05, 3.63) is 61.2 Å². The van der Waals surface area contributed by atoms with Gasteiger partial charge in [-0.05, 0) is 43.5 Å². The summed E-state index contributed by atoms with van der Waals surface area (Å²) in [6.07, 6.45) is 3.80. The van der Waals surface area contributed by atoms with Crippen molar-refractivity contribution in [3.63, 3.8) is 0 Å². The zero-order chi connectivity index (χ0) is 23.7. The summed E-state index contributed by atoms with van der Waals surface area (Å²) in [7, 11) is 0. The van der Waals surface area contributed by atoms with Gasteiger partial charge in [0.15, 0.2) is 0 Å². The summed E-state index contributed by atoms with van der Waals surface area (Å²) in [6.45, 7) is 5.32. The number of nitrogens with zero attached hydrogens (tertiary/aromatic N) is 3. The van der Waals surface area contributed by atoms with Crippen LogP contribution in [0.2, 0.25) is 10.0 Å². The lowest BCUT2D eigenvalue weighted by molar-refractivity contribution is 0.106. The third kappa shape index (κ3) is 5.10. The van der Waals surface area contributed by atoms with E-state index in [2.05, 4.69) is 20.2 Å². The number of halogens is 2. The number of aromatic nitrogens is 2. The number of carbonyl (C=O) groups is 1. The first-order valence-electron chi connectivity index (χ1n) is 11.8. The molecule has 34 heavy (non-hydrogen) atoms. The number of amides is 2. The van der Waals surface area contributed by atoms with Gasteiger partial charge in [-0.25, -0.2) is 9.78 Å². The fourth-order valence-corrected chi connectivity index (χ4v) is 5.74. The van der Waals surface area contributed by atoms with E-state index in [1.54, 1.807) is 0 Å². The fraction of sp³-hybridized carbons (Fsp3) is 0.542. The maximum absolute atomic E-state index is 13.0. The molecule has 1 spiro atoms. The highest BCUT2D eigenvalue weighted by Gasteiger charge is 2.42. The summed E-state index contributed by atoms with van der Waals surface area (Å²) >= 11 is 12.2. The number of rotatable bonds is 4. The van der Waals surface area contributed by atoms with E-state index in [1.807, 2.05) is 23.1 Å². The van der Waals surface area contributed by atoms with E-state index < -0.39 is 0 Å². The molecule has 8 nitrogen and oxygen atoms in total. The number of hydrogen-bond acceptors (Lipinski definition) is 5. The Kier molecular flexibility index (Phi) is 6.84. The Bertz CT molecular complexity index is 1140. The van der Waals surface area contributed by atoms with E-state index in [0.29, 0.717) is 41.1 Å². The summed E-state index contributed by atoms with van der Waals surface area (Å²) in [6, 6.07) is 5.69. The van der Waals surface area contributed by atoms with Crippen LogP contribution in [0.25, 0.3) is 0 Å². The first-order chi connectivity index (χ1) is 16.4. The van der Waals surface area contributed by atoms with Crippen LogP contribution in [0.15, 0.2) is 23.0 Å². The van der Waals surface area contributed by atoms with Crippen LogP contribution in [-0.4, -0.2) is 58.6 Å².